The molecule has 0 bridgehead atoms. The first kappa shape index (κ1) is 28.4. The largest absolute Gasteiger partial charge is 0.416 e. The van der Waals surface area contributed by atoms with Gasteiger partial charge in [-0.05, 0) is 67.1 Å². The number of aryl methyl sites for hydroxylation is 1. The van der Waals surface area contributed by atoms with Gasteiger partial charge in [0.15, 0.2) is 5.78 Å². The lowest BCUT2D eigenvalue weighted by atomic mass is 9.64. The highest BCUT2D eigenvalue weighted by Gasteiger charge is 2.52. The van der Waals surface area contributed by atoms with Gasteiger partial charge in [-0.3, -0.25) is 14.5 Å². The van der Waals surface area contributed by atoms with Crippen molar-refractivity contribution in [3.8, 4) is 0 Å². The van der Waals surface area contributed by atoms with Crippen LogP contribution in [0, 0.1) is 11.2 Å². The molecule has 3 aromatic rings. The zero-order valence-corrected chi connectivity index (χ0v) is 22.5. The summed E-state index contributed by atoms with van der Waals surface area (Å²) in [5.74, 6) is -1.23. The van der Waals surface area contributed by atoms with E-state index in [1.807, 2.05) is 0 Å². The van der Waals surface area contributed by atoms with Crippen LogP contribution >= 0.6 is 0 Å². The van der Waals surface area contributed by atoms with Crippen LogP contribution in [0.1, 0.15) is 28.9 Å². The van der Waals surface area contributed by atoms with Crippen molar-refractivity contribution in [2.75, 3.05) is 13.1 Å². The van der Waals surface area contributed by atoms with Crippen LogP contribution in [0.2, 0.25) is 0 Å². The van der Waals surface area contributed by atoms with E-state index in [1.165, 1.54) is 47.5 Å². The molecule has 1 saturated heterocycles. The van der Waals surface area contributed by atoms with Crippen LogP contribution < -0.4 is 5.73 Å². The number of nitrogens with zero attached hydrogens (tertiary/aromatic N) is 5. The first-order valence-electron chi connectivity index (χ1n) is 12.4. The molecule has 0 saturated carbocycles. The molecule has 0 radical (unpaired) electrons. The molecule has 0 amide bonds. The molecule has 3 heterocycles. The fourth-order valence-corrected chi connectivity index (χ4v) is 6.57. The number of rotatable bonds is 5. The van der Waals surface area contributed by atoms with Crippen LogP contribution in [-0.2, 0) is 23.2 Å². The maximum absolute atomic E-state index is 14.2. The van der Waals surface area contributed by atoms with Gasteiger partial charge in [-0.15, -0.1) is 0 Å². The number of benzene rings is 1. The quantitative estimate of drug-likeness (QED) is 0.352. The first-order valence-corrected chi connectivity index (χ1v) is 13.8. The lowest BCUT2D eigenvalue weighted by Crippen LogP contribution is -2.53. The Morgan fingerprint density at radius 2 is 1.93 bits per heavy atom. The van der Waals surface area contributed by atoms with Crippen molar-refractivity contribution in [2.45, 2.75) is 23.9 Å². The third-order valence-corrected chi connectivity index (χ3v) is 8.97. The van der Waals surface area contributed by atoms with Crippen molar-refractivity contribution in [3.63, 3.8) is 0 Å². The molecule has 0 spiro atoms. The summed E-state index contributed by atoms with van der Waals surface area (Å²) >= 11 is 0. The molecule has 1 fully saturated rings. The highest BCUT2D eigenvalue weighted by atomic mass is 32.2. The molecule has 0 unspecified atom stereocenters. The van der Waals surface area contributed by atoms with E-state index in [4.69, 9.17) is 5.73 Å². The predicted octanol–water partition coefficient (Wildman–Crippen LogP) is 4.18. The molecule has 1 aliphatic heterocycles. The second kappa shape index (κ2) is 10.3. The monoisotopic (exact) mass is 588 g/mol. The van der Waals surface area contributed by atoms with Crippen molar-refractivity contribution in [3.05, 3.63) is 95.5 Å². The van der Waals surface area contributed by atoms with Crippen molar-refractivity contribution in [1.29, 1.82) is 0 Å². The Hall–Kier alpha value is -4.17. The first-order chi connectivity index (χ1) is 19.3. The molecular formula is C27H24F4N6O3S. The fourth-order valence-electron chi connectivity index (χ4n) is 5.08. The maximum atomic E-state index is 14.2. The van der Waals surface area contributed by atoms with Crippen molar-refractivity contribution >= 4 is 27.2 Å². The Balaban J connectivity index is 1.64. The molecule has 41 heavy (non-hydrogen) atoms. The number of aromatic nitrogens is 3. The van der Waals surface area contributed by atoms with Crippen molar-refractivity contribution in [2.24, 2.45) is 23.2 Å². The Morgan fingerprint density at radius 3 is 2.56 bits per heavy atom. The molecule has 1 aromatic carbocycles. The van der Waals surface area contributed by atoms with Gasteiger partial charge >= 0.3 is 6.18 Å². The number of piperidine rings is 1. The number of allylic oxidation sites excluding steroid dienone is 2. The molecule has 2 N–H and O–H groups in total. The highest BCUT2D eigenvalue weighted by Crippen LogP contribution is 2.48. The van der Waals surface area contributed by atoms with Gasteiger partial charge in [0.2, 0.25) is 10.0 Å². The van der Waals surface area contributed by atoms with Crippen molar-refractivity contribution < 1.29 is 30.8 Å². The van der Waals surface area contributed by atoms with E-state index in [0.717, 1.165) is 16.6 Å². The summed E-state index contributed by atoms with van der Waals surface area (Å²) < 4.78 is 83.4. The van der Waals surface area contributed by atoms with Gasteiger partial charge in [0.05, 0.1) is 28.6 Å². The average Bonchev–Trinajstić information content (AvgIpc) is 3.40. The fraction of sp³-hybridized carbons (Fsp3) is 0.259. The van der Waals surface area contributed by atoms with E-state index >= 15 is 0 Å². The van der Waals surface area contributed by atoms with Gasteiger partial charge < -0.3 is 5.73 Å². The number of sulfonamides is 1. The molecule has 1 atom stereocenters. The summed E-state index contributed by atoms with van der Waals surface area (Å²) in [6.07, 6.45) is 1.44. The highest BCUT2D eigenvalue weighted by molar-refractivity contribution is 7.89. The Morgan fingerprint density at radius 1 is 1.20 bits per heavy atom. The second-order valence-electron chi connectivity index (χ2n) is 9.79. The predicted molar refractivity (Wildman–Crippen MR) is 141 cm³/mol. The molecular weight excluding hydrogens is 564 g/mol. The number of carbonyl (C=O) groups excluding carboxylic acids is 1. The van der Waals surface area contributed by atoms with Crippen LogP contribution in [-0.4, -0.2) is 52.1 Å². The van der Waals surface area contributed by atoms with E-state index in [0.29, 0.717) is 28.6 Å². The lowest BCUT2D eigenvalue weighted by Gasteiger charge is -2.45. The number of halogens is 4. The summed E-state index contributed by atoms with van der Waals surface area (Å²) in [7, 11) is -2.56. The van der Waals surface area contributed by atoms with E-state index in [1.54, 1.807) is 13.1 Å². The van der Waals surface area contributed by atoms with Gasteiger partial charge in [0.25, 0.3) is 0 Å². The van der Waals surface area contributed by atoms with E-state index in [2.05, 4.69) is 15.1 Å². The number of carbonyl (C=O) groups is 1. The normalized spacial score (nSPS) is 22.0. The topological polar surface area (TPSA) is 124 Å². The van der Waals surface area contributed by atoms with Crippen LogP contribution in [0.15, 0.2) is 88.3 Å². The molecule has 14 heteroatoms. The summed E-state index contributed by atoms with van der Waals surface area (Å²) in [5, 5.41) is 3.92. The molecule has 214 valence electrons. The van der Waals surface area contributed by atoms with E-state index in [-0.39, 0.29) is 30.8 Å². The van der Waals surface area contributed by atoms with Crippen LogP contribution in [0.3, 0.4) is 0 Å². The number of aliphatic imine (C=N–C) groups is 1. The Labute approximate surface area is 232 Å². The number of ketones is 1. The zero-order valence-electron chi connectivity index (χ0n) is 21.6. The number of Topliss-reactive ketones (excluding diaryl/α,β-unsaturated/α-hetero) is 1. The maximum Gasteiger partial charge on any atom is 0.416 e. The summed E-state index contributed by atoms with van der Waals surface area (Å²) in [4.78, 5) is 22.5. The van der Waals surface area contributed by atoms with Gasteiger partial charge in [-0.25, -0.2) is 17.8 Å². The molecule has 2 aromatic heterocycles. The van der Waals surface area contributed by atoms with Gasteiger partial charge in [0.1, 0.15) is 16.4 Å². The van der Waals surface area contributed by atoms with Crippen LogP contribution in [0.25, 0.3) is 0 Å². The molecule has 9 nitrogen and oxygen atoms in total. The SMILES string of the molecule is Cn1cc(S(=O)(=O)N2CCC3=CC(=Nc4ccc(F)cc4)C(=CN)C[C@]3(C(=O)c3cc(C(F)(F)F)ccn3)C2)cn1. The standard InChI is InChI=1S/C27H24F4N6O3S/c1-36-15-22(14-34-36)41(39,40)37-9-7-18-10-23(35-21-4-2-20(28)3-5-21)17(13-32)12-26(18,16-37)25(38)24-11-19(6-8-33-24)27(29,30)31/h2-6,8,10-11,13-15H,7,9,12,16,32H2,1H3/t26-/m0/s1. The molecule has 1 aliphatic carbocycles. The number of hydrogen-bond donors (Lipinski definition) is 1. The van der Waals surface area contributed by atoms with E-state index in [9.17, 15) is 30.8 Å². The minimum absolute atomic E-state index is 0.000386. The number of alkyl halides is 3. The van der Waals surface area contributed by atoms with E-state index < -0.39 is 44.5 Å². The number of pyridine rings is 1. The van der Waals surface area contributed by atoms with Crippen molar-refractivity contribution in [1.82, 2.24) is 19.1 Å². The Bertz CT molecular complexity index is 1710. The summed E-state index contributed by atoms with van der Waals surface area (Å²) in [6.45, 7) is -0.367. The smallest absolute Gasteiger partial charge is 0.404 e. The minimum atomic E-state index is -4.72. The third-order valence-electron chi connectivity index (χ3n) is 7.17. The number of fused-ring (bicyclic) bond motifs is 1. The van der Waals surface area contributed by atoms with Gasteiger partial charge in [-0.1, -0.05) is 5.57 Å². The van der Waals surface area contributed by atoms with Gasteiger partial charge in [0, 0.05) is 32.5 Å². The lowest BCUT2D eigenvalue weighted by molar-refractivity contribution is -0.137. The molecule has 5 rings (SSSR count). The summed E-state index contributed by atoms with van der Waals surface area (Å²) in [6, 6.07) is 6.80. The zero-order chi connectivity index (χ0) is 29.6. The van der Waals surface area contributed by atoms with Gasteiger partial charge in [-0.2, -0.15) is 22.6 Å². The second-order valence-corrected chi connectivity index (χ2v) is 11.7. The number of nitrogens with two attached hydrogens (primary N) is 1. The van der Waals surface area contributed by atoms with Crippen LogP contribution in [0.5, 0.6) is 0 Å². The Kier molecular flexibility index (Phi) is 7.15. The number of hydrogen-bond acceptors (Lipinski definition) is 7. The third kappa shape index (κ3) is 5.32. The minimum Gasteiger partial charge on any atom is -0.404 e. The molecule has 2 aliphatic rings. The summed E-state index contributed by atoms with van der Waals surface area (Å²) in [5.41, 5.74) is 4.43. The average molecular weight is 589 g/mol. The van der Waals surface area contributed by atoms with Crippen LogP contribution in [0.4, 0.5) is 23.2 Å².